The number of amides is 1. The average molecular weight is 342 g/mol. The average Bonchev–Trinajstić information content (AvgIpc) is 2.63. The largest absolute Gasteiger partial charge is 0.376 e. The van der Waals surface area contributed by atoms with Crippen molar-refractivity contribution in [3.63, 3.8) is 0 Å². The summed E-state index contributed by atoms with van der Waals surface area (Å²) in [6.07, 6.45) is 6.89. The van der Waals surface area contributed by atoms with Crippen LogP contribution in [0.15, 0.2) is 41.3 Å². The van der Waals surface area contributed by atoms with Crippen LogP contribution in [0, 0.1) is 5.92 Å². The van der Waals surface area contributed by atoms with Gasteiger partial charge in [-0.3, -0.25) is 9.59 Å². The second-order valence-corrected chi connectivity index (χ2v) is 6.85. The summed E-state index contributed by atoms with van der Waals surface area (Å²) in [6, 6.07) is 8.85. The van der Waals surface area contributed by atoms with Gasteiger partial charge < -0.3 is 14.6 Å². The molecule has 1 aromatic heterocycles. The lowest BCUT2D eigenvalue weighted by Gasteiger charge is -2.28. The Kier molecular flexibility index (Phi) is 5.87. The molecule has 3 rings (SSSR count). The Bertz CT molecular complexity index is 784. The van der Waals surface area contributed by atoms with E-state index in [1.807, 2.05) is 18.2 Å². The lowest BCUT2D eigenvalue weighted by atomic mass is 9.88. The van der Waals surface area contributed by atoms with Crippen LogP contribution in [0.25, 0.3) is 10.9 Å². The number of carbonyl (C=O) groups is 1. The number of ether oxygens (including phenoxy) is 1. The van der Waals surface area contributed by atoms with E-state index in [1.165, 1.54) is 25.3 Å². The minimum Gasteiger partial charge on any atom is -0.376 e. The highest BCUT2D eigenvalue weighted by Gasteiger charge is 2.21. The molecule has 2 aromatic rings. The maximum absolute atomic E-state index is 12.2. The Labute approximate surface area is 148 Å². The Morgan fingerprint density at radius 2 is 2.04 bits per heavy atom. The topological polar surface area (TPSA) is 60.3 Å². The molecule has 1 aromatic carbocycles. The molecule has 1 fully saturated rings. The number of rotatable bonds is 6. The number of nitrogens with one attached hydrogen (secondary N) is 1. The Morgan fingerprint density at radius 1 is 1.24 bits per heavy atom. The number of fused-ring (bicyclic) bond motifs is 1. The van der Waals surface area contributed by atoms with Gasteiger partial charge in [0.25, 0.3) is 0 Å². The predicted molar refractivity (Wildman–Crippen MR) is 98.6 cm³/mol. The molecule has 1 aliphatic carbocycles. The van der Waals surface area contributed by atoms with Gasteiger partial charge in [0, 0.05) is 24.2 Å². The molecule has 1 heterocycles. The van der Waals surface area contributed by atoms with Crippen LogP contribution in [0.2, 0.25) is 0 Å². The molecule has 1 aliphatic rings. The number of hydrogen-bond donors (Lipinski definition) is 1. The summed E-state index contributed by atoms with van der Waals surface area (Å²) in [5, 5.41) is 3.53. The van der Waals surface area contributed by atoms with Gasteiger partial charge in [-0.1, -0.05) is 31.9 Å². The van der Waals surface area contributed by atoms with E-state index in [9.17, 15) is 9.59 Å². The van der Waals surface area contributed by atoms with Crippen molar-refractivity contribution < 1.29 is 9.53 Å². The Morgan fingerprint density at radius 3 is 2.88 bits per heavy atom. The van der Waals surface area contributed by atoms with Gasteiger partial charge in [-0.2, -0.15) is 0 Å². The van der Waals surface area contributed by atoms with Crippen molar-refractivity contribution in [2.45, 2.75) is 45.3 Å². The molecule has 0 radical (unpaired) electrons. The van der Waals surface area contributed by atoms with Crippen LogP contribution in [0.3, 0.4) is 0 Å². The van der Waals surface area contributed by atoms with Crippen molar-refractivity contribution in [3.8, 4) is 0 Å². The van der Waals surface area contributed by atoms with E-state index in [1.54, 1.807) is 16.8 Å². The third-order valence-corrected chi connectivity index (χ3v) is 4.99. The molecule has 0 saturated heterocycles. The van der Waals surface area contributed by atoms with Gasteiger partial charge in [-0.15, -0.1) is 0 Å². The van der Waals surface area contributed by atoms with E-state index < -0.39 is 0 Å². The monoisotopic (exact) mass is 342 g/mol. The third-order valence-electron chi connectivity index (χ3n) is 4.99. The molecule has 134 valence electrons. The fraction of sp³-hybridized carbons (Fsp3) is 0.500. The smallest absolute Gasteiger partial charge is 0.240 e. The van der Waals surface area contributed by atoms with E-state index in [0.717, 1.165) is 11.9 Å². The van der Waals surface area contributed by atoms with Gasteiger partial charge in [0.2, 0.25) is 5.91 Å². The quantitative estimate of drug-likeness (QED) is 0.821. The van der Waals surface area contributed by atoms with Crippen molar-refractivity contribution >= 4 is 16.8 Å². The Hall–Kier alpha value is -2.14. The van der Waals surface area contributed by atoms with Gasteiger partial charge in [0.15, 0.2) is 5.43 Å². The summed E-state index contributed by atoms with van der Waals surface area (Å²) in [5.74, 6) is 0.533. The lowest BCUT2D eigenvalue weighted by molar-refractivity contribution is -0.122. The van der Waals surface area contributed by atoms with Crippen molar-refractivity contribution in [1.29, 1.82) is 0 Å². The molecule has 0 unspecified atom stereocenters. The van der Waals surface area contributed by atoms with Crippen molar-refractivity contribution in [1.82, 2.24) is 9.88 Å². The van der Waals surface area contributed by atoms with Crippen LogP contribution in [0.1, 0.15) is 32.6 Å². The van der Waals surface area contributed by atoms with Crippen LogP contribution < -0.4 is 10.7 Å². The van der Waals surface area contributed by atoms with Crippen LogP contribution in [0.4, 0.5) is 0 Å². The fourth-order valence-electron chi connectivity index (χ4n) is 3.54. The van der Waals surface area contributed by atoms with E-state index in [-0.39, 0.29) is 17.9 Å². The van der Waals surface area contributed by atoms with E-state index in [4.69, 9.17) is 4.74 Å². The SMILES string of the molecule is C[C@H]1CCCC[C@@H]1OCCNC(=O)Cn1ccc(=O)c2ccccc21. The first kappa shape index (κ1) is 17.7. The zero-order chi connectivity index (χ0) is 17.6. The first-order chi connectivity index (χ1) is 12.1. The van der Waals surface area contributed by atoms with Gasteiger partial charge >= 0.3 is 0 Å². The second kappa shape index (κ2) is 8.30. The molecule has 0 spiro atoms. The number of hydrogen-bond acceptors (Lipinski definition) is 3. The van der Waals surface area contributed by atoms with Gasteiger partial charge in [0.05, 0.1) is 18.2 Å². The maximum Gasteiger partial charge on any atom is 0.240 e. The van der Waals surface area contributed by atoms with Crippen LogP contribution in [-0.4, -0.2) is 29.7 Å². The molecule has 0 bridgehead atoms. The normalized spacial score (nSPS) is 20.5. The summed E-state index contributed by atoms with van der Waals surface area (Å²) in [7, 11) is 0. The van der Waals surface area contributed by atoms with Gasteiger partial charge in [0.1, 0.15) is 6.54 Å². The molecular formula is C20H26N2O3. The van der Waals surface area contributed by atoms with Gasteiger partial charge in [-0.25, -0.2) is 0 Å². The number of pyridine rings is 1. The number of benzene rings is 1. The van der Waals surface area contributed by atoms with Crippen LogP contribution >= 0.6 is 0 Å². The summed E-state index contributed by atoms with van der Waals surface area (Å²) in [6.45, 7) is 3.50. The zero-order valence-electron chi connectivity index (χ0n) is 14.7. The first-order valence-electron chi connectivity index (χ1n) is 9.11. The fourth-order valence-corrected chi connectivity index (χ4v) is 3.54. The standard InChI is InChI=1S/C20H26N2O3/c1-15-6-2-5-9-19(15)25-13-11-21-20(24)14-22-12-10-18(23)16-7-3-4-8-17(16)22/h3-4,7-8,10,12,15,19H,2,5-6,9,11,13-14H2,1H3,(H,21,24)/t15-,19-/m0/s1. The van der Waals surface area contributed by atoms with E-state index in [2.05, 4.69) is 12.2 Å². The summed E-state index contributed by atoms with van der Waals surface area (Å²) in [4.78, 5) is 24.1. The second-order valence-electron chi connectivity index (χ2n) is 6.85. The highest BCUT2D eigenvalue weighted by Crippen LogP contribution is 2.25. The molecule has 5 nitrogen and oxygen atoms in total. The third kappa shape index (κ3) is 4.48. The Balaban J connectivity index is 1.50. The van der Waals surface area contributed by atoms with Crippen molar-refractivity contribution in [2.75, 3.05) is 13.2 Å². The highest BCUT2D eigenvalue weighted by atomic mass is 16.5. The van der Waals surface area contributed by atoms with Crippen molar-refractivity contribution in [3.05, 3.63) is 46.8 Å². The molecule has 25 heavy (non-hydrogen) atoms. The lowest BCUT2D eigenvalue weighted by Crippen LogP contribution is -2.33. The molecule has 2 atom stereocenters. The minimum absolute atomic E-state index is 0.0257. The molecular weight excluding hydrogens is 316 g/mol. The van der Waals surface area contributed by atoms with Crippen molar-refractivity contribution in [2.24, 2.45) is 5.92 Å². The summed E-state index contributed by atoms with van der Waals surface area (Å²) < 4.78 is 7.72. The van der Waals surface area contributed by atoms with E-state index >= 15 is 0 Å². The number of nitrogens with zero attached hydrogens (tertiary/aromatic N) is 1. The number of para-hydroxylation sites is 1. The highest BCUT2D eigenvalue weighted by molar-refractivity contribution is 5.82. The van der Waals surface area contributed by atoms with Gasteiger partial charge in [-0.05, 0) is 30.9 Å². The summed E-state index contributed by atoms with van der Waals surface area (Å²) >= 11 is 0. The first-order valence-corrected chi connectivity index (χ1v) is 9.11. The van der Waals surface area contributed by atoms with Crippen LogP contribution in [-0.2, 0) is 16.1 Å². The molecule has 1 saturated carbocycles. The summed E-state index contributed by atoms with van der Waals surface area (Å²) in [5.41, 5.74) is 0.750. The molecule has 5 heteroatoms. The number of carbonyl (C=O) groups excluding carboxylic acids is 1. The van der Waals surface area contributed by atoms with Crippen LogP contribution in [0.5, 0.6) is 0 Å². The number of aromatic nitrogens is 1. The zero-order valence-corrected chi connectivity index (χ0v) is 14.7. The molecule has 1 amide bonds. The maximum atomic E-state index is 12.2. The van der Waals surface area contributed by atoms with E-state index in [0.29, 0.717) is 30.6 Å². The minimum atomic E-state index is -0.0749. The molecule has 1 N–H and O–H groups in total. The molecule has 0 aliphatic heterocycles. The predicted octanol–water partition coefficient (Wildman–Crippen LogP) is 2.71.